The molecule has 0 spiro atoms. The Morgan fingerprint density at radius 2 is 1.76 bits per heavy atom. The van der Waals surface area contributed by atoms with Crippen molar-refractivity contribution >= 4 is 23.4 Å². The van der Waals surface area contributed by atoms with Gasteiger partial charge in [0.2, 0.25) is 0 Å². The quantitative estimate of drug-likeness (QED) is 0.329. The van der Waals surface area contributed by atoms with Crippen molar-refractivity contribution in [3.8, 4) is 17.2 Å². The number of para-hydroxylation sites is 2. The molecular formula is C30H26N2O5S. The van der Waals surface area contributed by atoms with Crippen LogP contribution in [-0.4, -0.2) is 24.3 Å². The van der Waals surface area contributed by atoms with Crippen molar-refractivity contribution in [2.24, 2.45) is 4.99 Å². The van der Waals surface area contributed by atoms with Gasteiger partial charge in [0.05, 0.1) is 29.5 Å². The van der Waals surface area contributed by atoms with Gasteiger partial charge in [-0.25, -0.2) is 9.79 Å². The van der Waals surface area contributed by atoms with Gasteiger partial charge in [0, 0.05) is 5.56 Å². The predicted molar refractivity (Wildman–Crippen MR) is 146 cm³/mol. The van der Waals surface area contributed by atoms with E-state index in [-0.39, 0.29) is 12.2 Å². The van der Waals surface area contributed by atoms with E-state index < -0.39 is 12.0 Å². The highest BCUT2D eigenvalue weighted by Crippen LogP contribution is 2.35. The van der Waals surface area contributed by atoms with Gasteiger partial charge in [-0.1, -0.05) is 59.9 Å². The molecule has 0 amide bonds. The number of carbonyl (C=O) groups is 1. The third-order valence-electron chi connectivity index (χ3n) is 6.09. The standard InChI is InChI=1S/C30H26N2O5S/c1-4-36-29(34)26-19(2)31-30-32(27(26)23-15-8-9-16-24(23)35-3)28(33)25(38-30)18-20-11-10-14-22(17-20)37-21-12-6-5-7-13-21/h5-18,27H,4H2,1-3H3/b25-18+/t27-/m1/s1. The normalized spacial score (nSPS) is 15.0. The number of hydrogen-bond donors (Lipinski definition) is 0. The second-order valence-electron chi connectivity index (χ2n) is 8.53. The molecule has 0 fully saturated rings. The molecule has 1 aliphatic rings. The summed E-state index contributed by atoms with van der Waals surface area (Å²) in [5.41, 5.74) is 2.05. The first-order valence-electron chi connectivity index (χ1n) is 12.2. The van der Waals surface area contributed by atoms with Crippen LogP contribution in [0.2, 0.25) is 0 Å². The Labute approximate surface area is 223 Å². The van der Waals surface area contributed by atoms with Gasteiger partial charge < -0.3 is 14.2 Å². The maximum Gasteiger partial charge on any atom is 0.338 e. The van der Waals surface area contributed by atoms with Crippen LogP contribution in [0.5, 0.6) is 17.2 Å². The van der Waals surface area contributed by atoms with E-state index in [9.17, 15) is 9.59 Å². The van der Waals surface area contributed by atoms with E-state index in [2.05, 4.69) is 4.99 Å². The van der Waals surface area contributed by atoms with E-state index in [4.69, 9.17) is 14.2 Å². The SMILES string of the molecule is CCOC(=O)C1=C(C)N=c2s/c(=C/c3cccc(Oc4ccccc4)c3)c(=O)n2[C@@H]1c1ccccc1OC. The summed E-state index contributed by atoms with van der Waals surface area (Å²) >= 11 is 1.27. The zero-order valence-electron chi connectivity index (χ0n) is 21.2. The number of thiazole rings is 1. The summed E-state index contributed by atoms with van der Waals surface area (Å²) in [6.07, 6.45) is 1.81. The molecule has 0 unspecified atom stereocenters. The number of esters is 1. The molecule has 192 valence electrons. The topological polar surface area (TPSA) is 79.1 Å². The van der Waals surface area contributed by atoms with Crippen LogP contribution in [0.25, 0.3) is 6.08 Å². The van der Waals surface area contributed by atoms with Crippen LogP contribution in [0.1, 0.15) is 31.0 Å². The minimum absolute atomic E-state index is 0.208. The number of carbonyl (C=O) groups excluding carboxylic acids is 1. The molecule has 1 aliphatic heterocycles. The fourth-order valence-electron chi connectivity index (χ4n) is 4.42. The van der Waals surface area contributed by atoms with Gasteiger partial charge >= 0.3 is 5.97 Å². The Kier molecular flexibility index (Phi) is 7.24. The maximum atomic E-state index is 13.8. The largest absolute Gasteiger partial charge is 0.496 e. The Morgan fingerprint density at radius 1 is 1.03 bits per heavy atom. The summed E-state index contributed by atoms with van der Waals surface area (Å²) in [7, 11) is 1.56. The number of allylic oxidation sites excluding steroid dienone is 1. The first kappa shape index (κ1) is 25.2. The highest BCUT2D eigenvalue weighted by Gasteiger charge is 2.34. The van der Waals surface area contributed by atoms with Gasteiger partial charge in [-0.15, -0.1) is 0 Å². The zero-order chi connectivity index (χ0) is 26.6. The molecule has 38 heavy (non-hydrogen) atoms. The van der Waals surface area contributed by atoms with E-state index in [0.717, 1.165) is 11.3 Å². The lowest BCUT2D eigenvalue weighted by Gasteiger charge is -2.25. The zero-order valence-corrected chi connectivity index (χ0v) is 22.0. The van der Waals surface area contributed by atoms with Gasteiger partial charge in [0.1, 0.15) is 23.3 Å². The van der Waals surface area contributed by atoms with Crippen LogP contribution in [0.15, 0.2) is 99.9 Å². The first-order valence-corrected chi connectivity index (χ1v) is 13.0. The third kappa shape index (κ3) is 4.90. The van der Waals surface area contributed by atoms with E-state index in [1.54, 1.807) is 25.5 Å². The second kappa shape index (κ2) is 10.9. The lowest BCUT2D eigenvalue weighted by atomic mass is 9.95. The minimum Gasteiger partial charge on any atom is -0.496 e. The molecule has 0 bridgehead atoms. The highest BCUT2D eigenvalue weighted by molar-refractivity contribution is 7.07. The first-order chi connectivity index (χ1) is 18.5. The fourth-order valence-corrected chi connectivity index (χ4v) is 5.47. The number of fused-ring (bicyclic) bond motifs is 1. The molecule has 7 nitrogen and oxygen atoms in total. The summed E-state index contributed by atoms with van der Waals surface area (Å²) in [5, 5.41) is 0. The Bertz CT molecular complexity index is 1700. The molecule has 3 aromatic carbocycles. The molecule has 4 aromatic rings. The van der Waals surface area contributed by atoms with Crippen molar-refractivity contribution in [1.82, 2.24) is 4.57 Å². The van der Waals surface area contributed by atoms with Gasteiger partial charge in [-0.3, -0.25) is 9.36 Å². The molecule has 0 saturated carbocycles. The van der Waals surface area contributed by atoms with E-state index in [0.29, 0.717) is 37.7 Å². The number of ether oxygens (including phenoxy) is 3. The Morgan fingerprint density at radius 3 is 2.53 bits per heavy atom. The monoisotopic (exact) mass is 526 g/mol. The van der Waals surface area contributed by atoms with Crippen LogP contribution in [-0.2, 0) is 9.53 Å². The van der Waals surface area contributed by atoms with Crippen molar-refractivity contribution in [1.29, 1.82) is 0 Å². The highest BCUT2D eigenvalue weighted by atomic mass is 32.1. The maximum absolute atomic E-state index is 13.8. The van der Waals surface area contributed by atoms with Crippen molar-refractivity contribution < 1.29 is 19.0 Å². The summed E-state index contributed by atoms with van der Waals surface area (Å²) in [6, 6.07) is 23.6. The average molecular weight is 527 g/mol. The Balaban J connectivity index is 1.64. The molecule has 1 atom stereocenters. The Hall–Kier alpha value is -4.43. The summed E-state index contributed by atoms with van der Waals surface area (Å²) in [4.78, 5) is 32.1. The van der Waals surface area contributed by atoms with Crippen LogP contribution >= 0.6 is 11.3 Å². The molecule has 0 N–H and O–H groups in total. The van der Waals surface area contributed by atoms with Crippen LogP contribution < -0.4 is 24.4 Å². The van der Waals surface area contributed by atoms with Crippen molar-refractivity contribution in [3.63, 3.8) is 0 Å². The second-order valence-corrected chi connectivity index (χ2v) is 9.54. The molecule has 8 heteroatoms. The molecule has 0 radical (unpaired) electrons. The molecule has 2 heterocycles. The van der Waals surface area contributed by atoms with Crippen LogP contribution in [0.4, 0.5) is 0 Å². The smallest absolute Gasteiger partial charge is 0.338 e. The van der Waals surface area contributed by atoms with Crippen LogP contribution in [0, 0.1) is 0 Å². The van der Waals surface area contributed by atoms with Gasteiger partial charge in [-0.05, 0) is 55.8 Å². The molecule has 0 saturated heterocycles. The van der Waals surface area contributed by atoms with E-state index in [1.807, 2.05) is 84.9 Å². The molecule has 0 aliphatic carbocycles. The predicted octanol–water partition coefficient (Wildman–Crippen LogP) is 4.60. The average Bonchev–Trinajstić information content (AvgIpc) is 3.22. The lowest BCUT2D eigenvalue weighted by Crippen LogP contribution is -2.40. The number of methoxy groups -OCH3 is 1. The third-order valence-corrected chi connectivity index (χ3v) is 7.07. The number of benzene rings is 3. The van der Waals surface area contributed by atoms with Crippen molar-refractivity contribution in [2.75, 3.05) is 13.7 Å². The molecule has 1 aromatic heterocycles. The van der Waals surface area contributed by atoms with Gasteiger partial charge in [-0.2, -0.15) is 0 Å². The molecule has 5 rings (SSSR count). The van der Waals surface area contributed by atoms with Crippen LogP contribution in [0.3, 0.4) is 0 Å². The fraction of sp³-hybridized carbons (Fsp3) is 0.167. The number of rotatable bonds is 7. The van der Waals surface area contributed by atoms with Gasteiger partial charge in [0.15, 0.2) is 4.80 Å². The number of aromatic nitrogens is 1. The number of nitrogens with zero attached hydrogens (tertiary/aromatic N) is 2. The summed E-state index contributed by atoms with van der Waals surface area (Å²) < 4.78 is 19.0. The number of hydrogen-bond acceptors (Lipinski definition) is 7. The lowest BCUT2D eigenvalue weighted by molar-refractivity contribution is -0.139. The van der Waals surface area contributed by atoms with E-state index in [1.165, 1.54) is 11.3 Å². The molecular weight excluding hydrogens is 500 g/mol. The summed E-state index contributed by atoms with van der Waals surface area (Å²) in [6.45, 7) is 3.72. The van der Waals surface area contributed by atoms with Crippen molar-refractivity contribution in [2.45, 2.75) is 19.9 Å². The minimum atomic E-state index is -0.739. The van der Waals surface area contributed by atoms with Crippen molar-refractivity contribution in [3.05, 3.63) is 121 Å². The van der Waals surface area contributed by atoms with Gasteiger partial charge in [0.25, 0.3) is 5.56 Å². The van der Waals surface area contributed by atoms with E-state index >= 15 is 0 Å². The summed E-state index contributed by atoms with van der Waals surface area (Å²) in [5.74, 6) is 1.44.